The summed E-state index contributed by atoms with van der Waals surface area (Å²) in [6.45, 7) is 6.48. The molecular formula is C71H120O6. The van der Waals surface area contributed by atoms with Gasteiger partial charge in [0.15, 0.2) is 6.10 Å². The highest BCUT2D eigenvalue weighted by Crippen LogP contribution is 2.15. The summed E-state index contributed by atoms with van der Waals surface area (Å²) in [5.41, 5.74) is 0. The van der Waals surface area contributed by atoms with Crippen molar-refractivity contribution >= 4 is 17.9 Å². The van der Waals surface area contributed by atoms with Crippen LogP contribution in [0.3, 0.4) is 0 Å². The third-order valence-corrected chi connectivity index (χ3v) is 13.7. The van der Waals surface area contributed by atoms with Gasteiger partial charge >= 0.3 is 17.9 Å². The van der Waals surface area contributed by atoms with Gasteiger partial charge in [-0.25, -0.2) is 0 Å². The number of allylic oxidation sites excluding steroid dienone is 18. The fraction of sp³-hybridized carbons (Fsp3) is 0.704. The Hall–Kier alpha value is -3.93. The molecule has 0 bridgehead atoms. The number of carbonyl (C=O) groups excluding carboxylic acids is 3. The van der Waals surface area contributed by atoms with Crippen LogP contribution in [0.25, 0.3) is 0 Å². The van der Waals surface area contributed by atoms with Gasteiger partial charge in [-0.3, -0.25) is 14.4 Å². The molecule has 1 atom stereocenters. The normalized spacial score (nSPS) is 12.8. The van der Waals surface area contributed by atoms with E-state index in [-0.39, 0.29) is 31.1 Å². The third kappa shape index (κ3) is 62.8. The van der Waals surface area contributed by atoms with Gasteiger partial charge in [0.25, 0.3) is 0 Å². The van der Waals surface area contributed by atoms with Gasteiger partial charge in [0.2, 0.25) is 0 Å². The molecule has 0 aliphatic heterocycles. The highest BCUT2D eigenvalue weighted by molar-refractivity contribution is 5.71. The molecule has 440 valence electrons. The molecule has 0 radical (unpaired) electrons. The van der Waals surface area contributed by atoms with Crippen molar-refractivity contribution < 1.29 is 28.6 Å². The van der Waals surface area contributed by atoms with Gasteiger partial charge in [0.1, 0.15) is 13.2 Å². The largest absolute Gasteiger partial charge is 0.462 e. The highest BCUT2D eigenvalue weighted by atomic mass is 16.6. The molecule has 0 spiro atoms. The summed E-state index contributed by atoms with van der Waals surface area (Å²) in [5.74, 6) is -0.907. The van der Waals surface area contributed by atoms with Gasteiger partial charge in [0, 0.05) is 19.3 Å². The van der Waals surface area contributed by atoms with Crippen LogP contribution in [0.15, 0.2) is 109 Å². The highest BCUT2D eigenvalue weighted by Gasteiger charge is 2.19. The maximum absolute atomic E-state index is 12.9. The minimum Gasteiger partial charge on any atom is -0.462 e. The van der Waals surface area contributed by atoms with Crippen LogP contribution in [0.4, 0.5) is 0 Å². The smallest absolute Gasteiger partial charge is 0.306 e. The molecule has 0 aliphatic rings. The van der Waals surface area contributed by atoms with Crippen LogP contribution in [0.5, 0.6) is 0 Å². The van der Waals surface area contributed by atoms with E-state index < -0.39 is 6.10 Å². The lowest BCUT2D eigenvalue weighted by atomic mass is 10.1. The Morgan fingerprint density at radius 2 is 0.519 bits per heavy atom. The molecule has 1 unspecified atom stereocenters. The minimum absolute atomic E-state index is 0.0890. The number of ether oxygens (including phenoxy) is 3. The van der Waals surface area contributed by atoms with Gasteiger partial charge in [-0.1, -0.05) is 271 Å². The van der Waals surface area contributed by atoms with E-state index in [0.717, 1.165) is 128 Å². The van der Waals surface area contributed by atoms with Gasteiger partial charge in [-0.05, 0) is 122 Å². The van der Waals surface area contributed by atoms with E-state index >= 15 is 0 Å². The Balaban J connectivity index is 4.36. The monoisotopic (exact) mass is 1070 g/mol. The number of carbonyl (C=O) groups is 3. The van der Waals surface area contributed by atoms with Crippen molar-refractivity contribution in [3.63, 3.8) is 0 Å². The first-order chi connectivity index (χ1) is 38.0. The van der Waals surface area contributed by atoms with Crippen LogP contribution in [0.1, 0.15) is 303 Å². The molecule has 0 N–H and O–H groups in total. The second-order valence-corrected chi connectivity index (χ2v) is 21.3. The summed E-state index contributed by atoms with van der Waals surface area (Å²) >= 11 is 0. The molecule has 0 aromatic heterocycles. The van der Waals surface area contributed by atoms with Crippen LogP contribution in [0, 0.1) is 0 Å². The Morgan fingerprint density at radius 1 is 0.273 bits per heavy atom. The lowest BCUT2D eigenvalue weighted by Crippen LogP contribution is -2.30. The predicted molar refractivity (Wildman–Crippen MR) is 334 cm³/mol. The van der Waals surface area contributed by atoms with Crippen LogP contribution in [-0.2, 0) is 28.6 Å². The van der Waals surface area contributed by atoms with Crippen molar-refractivity contribution in [2.45, 2.75) is 309 Å². The maximum Gasteiger partial charge on any atom is 0.306 e. The topological polar surface area (TPSA) is 78.9 Å². The van der Waals surface area contributed by atoms with E-state index in [1.165, 1.54) is 135 Å². The SMILES string of the molecule is CC/C=C\C/C=C\C/C=C\C/C=C\C/C=C\C/C=C\CCCCCCCCCCC(=O)OCC(COC(=O)CCCCCCC/C=C\C/C=C\CCCC)OC(=O)CCCCCCCCC/C=C\CCCCCCCCC. The molecule has 0 saturated heterocycles. The summed E-state index contributed by atoms with van der Waals surface area (Å²) < 4.78 is 16.9. The maximum atomic E-state index is 12.9. The van der Waals surface area contributed by atoms with Crippen molar-refractivity contribution in [2.24, 2.45) is 0 Å². The average molecular weight is 1070 g/mol. The van der Waals surface area contributed by atoms with Gasteiger partial charge in [-0.15, -0.1) is 0 Å². The van der Waals surface area contributed by atoms with E-state index in [4.69, 9.17) is 14.2 Å². The fourth-order valence-electron chi connectivity index (χ4n) is 8.87. The Bertz CT molecular complexity index is 1560. The summed E-state index contributed by atoms with van der Waals surface area (Å²) in [5, 5.41) is 0. The molecule has 0 rings (SSSR count). The average Bonchev–Trinajstić information content (AvgIpc) is 3.43. The van der Waals surface area contributed by atoms with Crippen molar-refractivity contribution in [2.75, 3.05) is 13.2 Å². The molecule has 77 heavy (non-hydrogen) atoms. The van der Waals surface area contributed by atoms with Crippen LogP contribution >= 0.6 is 0 Å². The van der Waals surface area contributed by atoms with Crippen molar-refractivity contribution in [1.29, 1.82) is 0 Å². The number of hydrogen-bond acceptors (Lipinski definition) is 6. The Kier molecular flexibility index (Phi) is 61.3. The molecule has 0 saturated carbocycles. The van der Waals surface area contributed by atoms with Gasteiger partial charge < -0.3 is 14.2 Å². The van der Waals surface area contributed by atoms with E-state index in [0.29, 0.717) is 19.3 Å². The molecule has 0 amide bonds. The van der Waals surface area contributed by atoms with Gasteiger partial charge in [0.05, 0.1) is 0 Å². The minimum atomic E-state index is -0.792. The van der Waals surface area contributed by atoms with Crippen LogP contribution in [0.2, 0.25) is 0 Å². The fourth-order valence-corrected chi connectivity index (χ4v) is 8.87. The lowest BCUT2D eigenvalue weighted by molar-refractivity contribution is -0.167. The number of rotatable bonds is 58. The van der Waals surface area contributed by atoms with E-state index in [2.05, 4.69) is 130 Å². The molecule has 0 heterocycles. The number of hydrogen-bond donors (Lipinski definition) is 0. The molecule has 6 heteroatoms. The second kappa shape index (κ2) is 64.6. The van der Waals surface area contributed by atoms with E-state index in [1.807, 2.05) is 0 Å². The second-order valence-electron chi connectivity index (χ2n) is 21.3. The van der Waals surface area contributed by atoms with Gasteiger partial charge in [-0.2, -0.15) is 0 Å². The molecule has 0 fully saturated rings. The van der Waals surface area contributed by atoms with Crippen molar-refractivity contribution in [1.82, 2.24) is 0 Å². The molecule has 0 aromatic rings. The Morgan fingerprint density at radius 3 is 0.844 bits per heavy atom. The summed E-state index contributed by atoms with van der Waals surface area (Å²) in [6.07, 6.45) is 88.0. The lowest BCUT2D eigenvalue weighted by Gasteiger charge is -2.18. The molecule has 0 aliphatic carbocycles. The van der Waals surface area contributed by atoms with Crippen LogP contribution < -0.4 is 0 Å². The summed E-state index contributed by atoms with van der Waals surface area (Å²) in [6, 6.07) is 0. The van der Waals surface area contributed by atoms with E-state index in [1.54, 1.807) is 0 Å². The third-order valence-electron chi connectivity index (χ3n) is 13.7. The zero-order valence-electron chi connectivity index (χ0n) is 50.4. The number of esters is 3. The van der Waals surface area contributed by atoms with Crippen molar-refractivity contribution in [3.8, 4) is 0 Å². The first kappa shape index (κ1) is 73.1. The quantitative estimate of drug-likeness (QED) is 0.0261. The Labute approximate surface area is 476 Å². The summed E-state index contributed by atoms with van der Waals surface area (Å²) in [7, 11) is 0. The van der Waals surface area contributed by atoms with Crippen molar-refractivity contribution in [3.05, 3.63) is 109 Å². The zero-order valence-corrected chi connectivity index (χ0v) is 50.4. The van der Waals surface area contributed by atoms with E-state index in [9.17, 15) is 14.4 Å². The molecule has 0 aromatic carbocycles. The standard InChI is InChI=1S/C71H120O6/c1-4-7-10-13-16-19-22-25-28-30-32-33-34-35-36-37-38-39-40-42-43-46-49-52-55-58-61-64-70(73)76-67-68(66-75-69(72)63-60-57-54-51-48-45-27-24-21-18-15-12-9-6-3)77-71(74)65-62-59-56-53-50-47-44-41-31-29-26-23-20-17-14-11-8-5-2/h7,10,15-16,18-19,24-25,27-29,31-33,35-36,38-39,68H,4-6,8-9,11-14,17,20-23,26,30,34,37,40-67H2,1-3H3/b10-7-,18-15-,19-16-,27-24-,28-25-,31-29-,33-32-,36-35-,39-38-. The predicted octanol–water partition coefficient (Wildman–Crippen LogP) is 22.2. The molecule has 6 nitrogen and oxygen atoms in total. The summed E-state index contributed by atoms with van der Waals surface area (Å²) in [4.78, 5) is 38.3. The number of unbranched alkanes of at least 4 members (excludes halogenated alkanes) is 29. The first-order valence-corrected chi connectivity index (χ1v) is 32.4. The first-order valence-electron chi connectivity index (χ1n) is 32.4. The molecular weight excluding hydrogens is 949 g/mol. The zero-order chi connectivity index (χ0) is 55.7. The van der Waals surface area contributed by atoms with Crippen LogP contribution in [-0.4, -0.2) is 37.2 Å².